The predicted molar refractivity (Wildman–Crippen MR) is 63.7 cm³/mol. The summed E-state index contributed by atoms with van der Waals surface area (Å²) in [5.74, 6) is 0.613. The topological polar surface area (TPSA) is 54.2 Å². The van der Waals surface area contributed by atoms with Gasteiger partial charge in [-0.05, 0) is 39.7 Å². The number of rotatable bonds is 4. The standard InChI is InChI=1S/C11H20N4/c1-8-5-9(11(12)14-6-8)10(13-2)7-15(3)4/h5-6,10,13H,7H2,1-4H3,(H2,12,14). The van der Waals surface area contributed by atoms with Crippen molar-refractivity contribution in [3.63, 3.8) is 0 Å². The predicted octanol–water partition coefficient (Wildman–Crippen LogP) is 0.794. The van der Waals surface area contributed by atoms with Gasteiger partial charge in [-0.25, -0.2) is 4.98 Å². The second-order valence-corrected chi connectivity index (χ2v) is 4.09. The summed E-state index contributed by atoms with van der Waals surface area (Å²) < 4.78 is 0. The maximum absolute atomic E-state index is 5.87. The van der Waals surface area contributed by atoms with E-state index in [0.29, 0.717) is 5.82 Å². The summed E-state index contributed by atoms with van der Waals surface area (Å²) in [6.07, 6.45) is 1.79. The Morgan fingerprint density at radius 3 is 2.73 bits per heavy atom. The van der Waals surface area contributed by atoms with Crippen LogP contribution in [0.4, 0.5) is 5.82 Å². The minimum Gasteiger partial charge on any atom is -0.383 e. The molecular formula is C11H20N4. The van der Waals surface area contributed by atoms with Crippen molar-refractivity contribution in [2.24, 2.45) is 0 Å². The first kappa shape index (κ1) is 11.9. The summed E-state index contributed by atoms with van der Waals surface area (Å²) in [5, 5.41) is 3.26. The van der Waals surface area contributed by atoms with E-state index in [1.807, 2.05) is 28.1 Å². The third-order valence-electron chi connectivity index (χ3n) is 2.36. The van der Waals surface area contributed by atoms with Gasteiger partial charge in [0.25, 0.3) is 0 Å². The van der Waals surface area contributed by atoms with Gasteiger partial charge >= 0.3 is 0 Å². The van der Waals surface area contributed by atoms with Gasteiger partial charge in [-0.1, -0.05) is 0 Å². The van der Waals surface area contributed by atoms with Crippen LogP contribution in [0.2, 0.25) is 0 Å². The molecule has 0 aromatic carbocycles. The first-order valence-electron chi connectivity index (χ1n) is 5.08. The van der Waals surface area contributed by atoms with Crippen LogP contribution < -0.4 is 11.1 Å². The Kier molecular flexibility index (Phi) is 4.05. The fourth-order valence-electron chi connectivity index (χ4n) is 1.59. The zero-order valence-corrected chi connectivity index (χ0v) is 9.91. The van der Waals surface area contributed by atoms with Crippen LogP contribution in [-0.4, -0.2) is 37.6 Å². The smallest absolute Gasteiger partial charge is 0.128 e. The molecule has 3 N–H and O–H groups in total. The van der Waals surface area contributed by atoms with Crippen molar-refractivity contribution in [1.29, 1.82) is 0 Å². The number of pyridine rings is 1. The number of anilines is 1. The molecule has 4 nitrogen and oxygen atoms in total. The highest BCUT2D eigenvalue weighted by Crippen LogP contribution is 2.19. The maximum Gasteiger partial charge on any atom is 0.128 e. The molecule has 0 radical (unpaired) electrons. The fourth-order valence-corrected chi connectivity index (χ4v) is 1.59. The van der Waals surface area contributed by atoms with Crippen LogP contribution in [0.3, 0.4) is 0 Å². The molecule has 84 valence electrons. The van der Waals surface area contributed by atoms with Gasteiger partial charge in [-0.3, -0.25) is 0 Å². The number of aryl methyl sites for hydroxylation is 1. The summed E-state index contributed by atoms with van der Waals surface area (Å²) in [6.45, 7) is 2.93. The molecule has 1 atom stereocenters. The molecule has 1 heterocycles. The Morgan fingerprint density at radius 1 is 1.53 bits per heavy atom. The lowest BCUT2D eigenvalue weighted by atomic mass is 10.1. The van der Waals surface area contributed by atoms with Crippen LogP contribution >= 0.6 is 0 Å². The highest BCUT2D eigenvalue weighted by atomic mass is 15.1. The Hall–Kier alpha value is -1.13. The van der Waals surface area contributed by atoms with E-state index in [1.54, 1.807) is 6.20 Å². The average Bonchev–Trinajstić information content (AvgIpc) is 2.18. The van der Waals surface area contributed by atoms with E-state index in [0.717, 1.165) is 17.7 Å². The second-order valence-electron chi connectivity index (χ2n) is 4.09. The maximum atomic E-state index is 5.87. The van der Waals surface area contributed by atoms with E-state index in [1.165, 1.54) is 0 Å². The number of nitrogen functional groups attached to an aromatic ring is 1. The van der Waals surface area contributed by atoms with E-state index in [2.05, 4.69) is 21.3 Å². The van der Waals surface area contributed by atoms with Crippen molar-refractivity contribution in [2.45, 2.75) is 13.0 Å². The molecule has 0 spiro atoms. The molecule has 0 aliphatic heterocycles. The Morgan fingerprint density at radius 2 is 2.20 bits per heavy atom. The summed E-state index contributed by atoms with van der Waals surface area (Å²) >= 11 is 0. The van der Waals surface area contributed by atoms with E-state index < -0.39 is 0 Å². The van der Waals surface area contributed by atoms with E-state index in [-0.39, 0.29) is 6.04 Å². The van der Waals surface area contributed by atoms with E-state index in [9.17, 15) is 0 Å². The number of nitrogens with one attached hydrogen (secondary N) is 1. The zero-order chi connectivity index (χ0) is 11.4. The van der Waals surface area contributed by atoms with Crippen molar-refractivity contribution >= 4 is 5.82 Å². The van der Waals surface area contributed by atoms with Crippen molar-refractivity contribution < 1.29 is 0 Å². The third-order valence-corrected chi connectivity index (χ3v) is 2.36. The van der Waals surface area contributed by atoms with Crippen molar-refractivity contribution in [2.75, 3.05) is 33.4 Å². The van der Waals surface area contributed by atoms with Gasteiger partial charge < -0.3 is 16.0 Å². The molecule has 0 amide bonds. The summed E-state index contributed by atoms with van der Waals surface area (Å²) in [4.78, 5) is 6.30. The molecular weight excluding hydrogens is 188 g/mol. The highest BCUT2D eigenvalue weighted by molar-refractivity contribution is 5.43. The molecule has 0 saturated carbocycles. The Balaban J connectivity index is 2.95. The number of likely N-dealkylation sites (N-methyl/N-ethyl adjacent to an activating group) is 2. The molecule has 1 unspecified atom stereocenters. The van der Waals surface area contributed by atoms with Gasteiger partial charge in [0.1, 0.15) is 5.82 Å². The van der Waals surface area contributed by atoms with Crippen molar-refractivity contribution in [3.8, 4) is 0 Å². The van der Waals surface area contributed by atoms with Crippen molar-refractivity contribution in [1.82, 2.24) is 15.2 Å². The van der Waals surface area contributed by atoms with Crippen LogP contribution in [0.1, 0.15) is 17.2 Å². The summed E-state index contributed by atoms with van der Waals surface area (Å²) in [7, 11) is 6.03. The summed E-state index contributed by atoms with van der Waals surface area (Å²) in [6, 6.07) is 2.32. The van der Waals surface area contributed by atoms with Crippen LogP contribution in [0, 0.1) is 6.92 Å². The highest BCUT2D eigenvalue weighted by Gasteiger charge is 2.14. The first-order valence-corrected chi connectivity index (χ1v) is 5.08. The van der Waals surface area contributed by atoms with Crippen LogP contribution in [-0.2, 0) is 0 Å². The van der Waals surface area contributed by atoms with Gasteiger partial charge in [0, 0.05) is 24.3 Å². The van der Waals surface area contributed by atoms with Gasteiger partial charge in [0.05, 0.1) is 0 Å². The largest absolute Gasteiger partial charge is 0.383 e. The molecule has 0 aliphatic rings. The zero-order valence-electron chi connectivity index (χ0n) is 9.91. The van der Waals surface area contributed by atoms with Crippen LogP contribution in [0.5, 0.6) is 0 Å². The van der Waals surface area contributed by atoms with E-state index in [4.69, 9.17) is 5.73 Å². The quantitative estimate of drug-likeness (QED) is 0.768. The molecule has 1 rings (SSSR count). The number of nitrogens with zero attached hydrogens (tertiary/aromatic N) is 2. The van der Waals surface area contributed by atoms with Crippen LogP contribution in [0.15, 0.2) is 12.3 Å². The second kappa shape index (κ2) is 5.09. The molecule has 4 heteroatoms. The molecule has 0 saturated heterocycles. The van der Waals surface area contributed by atoms with Gasteiger partial charge in [0.2, 0.25) is 0 Å². The average molecular weight is 208 g/mol. The molecule has 1 aromatic rings. The minimum atomic E-state index is 0.229. The summed E-state index contributed by atoms with van der Waals surface area (Å²) in [5.41, 5.74) is 8.08. The number of hydrogen-bond donors (Lipinski definition) is 2. The lowest BCUT2D eigenvalue weighted by Crippen LogP contribution is -2.29. The van der Waals surface area contributed by atoms with Crippen LogP contribution in [0.25, 0.3) is 0 Å². The van der Waals surface area contributed by atoms with Crippen molar-refractivity contribution in [3.05, 3.63) is 23.4 Å². The fraction of sp³-hybridized carbons (Fsp3) is 0.545. The molecule has 1 aromatic heterocycles. The number of aromatic nitrogens is 1. The van der Waals surface area contributed by atoms with E-state index >= 15 is 0 Å². The lowest BCUT2D eigenvalue weighted by molar-refractivity contribution is 0.353. The molecule has 0 fully saturated rings. The minimum absolute atomic E-state index is 0.229. The molecule has 15 heavy (non-hydrogen) atoms. The van der Waals surface area contributed by atoms with Gasteiger partial charge in [-0.2, -0.15) is 0 Å². The first-order chi connectivity index (χ1) is 7.04. The normalized spacial score (nSPS) is 13.1. The van der Waals surface area contributed by atoms with Gasteiger partial charge in [-0.15, -0.1) is 0 Å². The third kappa shape index (κ3) is 3.18. The number of hydrogen-bond acceptors (Lipinski definition) is 4. The lowest BCUT2D eigenvalue weighted by Gasteiger charge is -2.22. The SMILES string of the molecule is CNC(CN(C)C)c1cc(C)cnc1N. The number of nitrogens with two attached hydrogens (primary N) is 1. The van der Waals surface area contributed by atoms with Gasteiger partial charge in [0.15, 0.2) is 0 Å². The Labute approximate surface area is 91.5 Å². The molecule has 0 aliphatic carbocycles. The monoisotopic (exact) mass is 208 g/mol. The Bertz CT molecular complexity index is 322. The molecule has 0 bridgehead atoms.